The van der Waals surface area contributed by atoms with Crippen molar-refractivity contribution in [1.29, 1.82) is 0 Å². The summed E-state index contributed by atoms with van der Waals surface area (Å²) in [6.07, 6.45) is 9.12. The van der Waals surface area contributed by atoms with E-state index in [2.05, 4.69) is 38.1 Å². The number of nitrogens with two attached hydrogens (primary N) is 1. The minimum Gasteiger partial charge on any atom is -0.495 e. The number of nitrogens with one attached hydrogen (secondary N) is 1. The number of aryl methyl sites for hydroxylation is 1. The first kappa shape index (κ1) is 24.5. The van der Waals surface area contributed by atoms with Crippen molar-refractivity contribution in [3.63, 3.8) is 0 Å². The fourth-order valence-electron chi connectivity index (χ4n) is 4.48. The Labute approximate surface area is 216 Å². The first-order chi connectivity index (χ1) is 18.1. The second-order valence-corrected chi connectivity index (χ2v) is 9.16. The predicted molar refractivity (Wildman–Crippen MR) is 149 cm³/mol. The van der Waals surface area contributed by atoms with Crippen LogP contribution in [0.25, 0.3) is 27.6 Å². The molecule has 0 bridgehead atoms. The number of pyridine rings is 1. The number of rotatable bonds is 7. The summed E-state index contributed by atoms with van der Waals surface area (Å²) in [4.78, 5) is 13.8. The van der Waals surface area contributed by atoms with Crippen LogP contribution < -0.4 is 15.8 Å². The molecule has 37 heavy (non-hydrogen) atoms. The van der Waals surface area contributed by atoms with Crippen LogP contribution in [0, 0.1) is 6.92 Å². The second kappa shape index (κ2) is 10.8. The number of benzene rings is 2. The fourth-order valence-corrected chi connectivity index (χ4v) is 4.48. The zero-order valence-electron chi connectivity index (χ0n) is 21.4. The SMILES string of the molecule is COc1cc(-c2cnc(C)n2C)ccc1Nc1cc2cc(C(C=NC3CCOCC3)=CN)ccc2cn1. The van der Waals surface area contributed by atoms with Crippen molar-refractivity contribution >= 4 is 34.1 Å². The number of anilines is 2. The monoisotopic (exact) mass is 496 g/mol. The average Bonchev–Trinajstić information content (AvgIpc) is 3.27. The summed E-state index contributed by atoms with van der Waals surface area (Å²) in [5.41, 5.74) is 10.8. The summed E-state index contributed by atoms with van der Waals surface area (Å²) in [7, 11) is 3.67. The highest BCUT2D eigenvalue weighted by Gasteiger charge is 2.13. The molecule has 3 N–H and O–H groups in total. The summed E-state index contributed by atoms with van der Waals surface area (Å²) in [5, 5.41) is 5.50. The van der Waals surface area contributed by atoms with Gasteiger partial charge >= 0.3 is 0 Å². The van der Waals surface area contributed by atoms with Crippen LogP contribution >= 0.6 is 0 Å². The average molecular weight is 497 g/mol. The molecule has 0 aliphatic carbocycles. The van der Waals surface area contributed by atoms with Crippen molar-refractivity contribution in [3.05, 3.63) is 72.4 Å². The number of hydrogen-bond acceptors (Lipinski definition) is 7. The lowest BCUT2D eigenvalue weighted by Gasteiger charge is -2.18. The molecule has 0 radical (unpaired) electrons. The number of fused-ring (bicyclic) bond motifs is 1. The minimum atomic E-state index is 0.285. The van der Waals surface area contributed by atoms with Crippen LogP contribution in [0.15, 0.2) is 66.1 Å². The molecular formula is C29H32N6O2. The lowest BCUT2D eigenvalue weighted by atomic mass is 10.0. The molecule has 0 spiro atoms. The van der Waals surface area contributed by atoms with Crippen LogP contribution in [-0.4, -0.2) is 47.1 Å². The van der Waals surface area contributed by atoms with E-state index in [-0.39, 0.29) is 6.04 Å². The van der Waals surface area contributed by atoms with Crippen molar-refractivity contribution in [3.8, 4) is 17.0 Å². The standard InChI is InChI=1S/C29H32N6O2/c1-19-31-18-27(35(19)2)21-6-7-26(28(13-21)36-3)34-29-14-23-12-20(4-5-22(23)16-33-29)24(15-30)17-32-25-8-10-37-11-9-25/h4-7,12-18,25H,8-11,30H2,1-3H3,(H,33,34). The molecule has 0 saturated carbocycles. The van der Waals surface area contributed by atoms with E-state index >= 15 is 0 Å². The molecule has 1 aliphatic rings. The van der Waals surface area contributed by atoms with Crippen LogP contribution in [0.2, 0.25) is 0 Å². The predicted octanol–water partition coefficient (Wildman–Crippen LogP) is 5.25. The lowest BCUT2D eigenvalue weighted by Crippen LogP contribution is -2.18. The van der Waals surface area contributed by atoms with Crippen LogP contribution in [0.4, 0.5) is 11.5 Å². The Kier molecular flexibility index (Phi) is 7.18. The van der Waals surface area contributed by atoms with Gasteiger partial charge in [-0.25, -0.2) is 9.97 Å². The molecule has 1 fully saturated rings. The molecule has 2 aromatic carbocycles. The van der Waals surface area contributed by atoms with Gasteiger partial charge < -0.3 is 25.1 Å². The quantitative estimate of drug-likeness (QED) is 0.339. The molecule has 8 heteroatoms. The highest BCUT2D eigenvalue weighted by molar-refractivity contribution is 6.10. The summed E-state index contributed by atoms with van der Waals surface area (Å²) < 4.78 is 13.2. The van der Waals surface area contributed by atoms with Gasteiger partial charge in [-0.3, -0.25) is 4.99 Å². The molecule has 1 aliphatic heterocycles. The van der Waals surface area contributed by atoms with Crippen LogP contribution in [0.1, 0.15) is 24.2 Å². The Bertz CT molecular complexity index is 1470. The number of nitrogens with zero attached hydrogens (tertiary/aromatic N) is 4. The van der Waals surface area contributed by atoms with Crippen molar-refractivity contribution in [1.82, 2.24) is 14.5 Å². The van der Waals surface area contributed by atoms with Gasteiger partial charge in [-0.15, -0.1) is 0 Å². The van der Waals surface area contributed by atoms with Gasteiger partial charge in [0.2, 0.25) is 0 Å². The Morgan fingerprint density at radius 1 is 1.11 bits per heavy atom. The molecule has 0 unspecified atom stereocenters. The van der Waals surface area contributed by atoms with Gasteiger partial charge in [-0.1, -0.05) is 18.2 Å². The van der Waals surface area contributed by atoms with E-state index in [0.717, 1.165) is 82.3 Å². The van der Waals surface area contributed by atoms with Crippen molar-refractivity contribution in [2.24, 2.45) is 17.8 Å². The molecule has 0 amide bonds. The van der Waals surface area contributed by atoms with E-state index in [0.29, 0.717) is 0 Å². The third-order valence-corrected chi connectivity index (χ3v) is 6.83. The normalized spacial score (nSPS) is 14.9. The van der Waals surface area contributed by atoms with Gasteiger partial charge in [0, 0.05) is 55.4 Å². The highest BCUT2D eigenvalue weighted by Crippen LogP contribution is 2.33. The summed E-state index contributed by atoms with van der Waals surface area (Å²) in [6.45, 7) is 3.51. The smallest absolute Gasteiger partial charge is 0.143 e. The van der Waals surface area contributed by atoms with E-state index in [9.17, 15) is 0 Å². The third-order valence-electron chi connectivity index (χ3n) is 6.83. The number of imidazole rings is 1. The molecule has 2 aromatic heterocycles. The molecule has 4 aromatic rings. The van der Waals surface area contributed by atoms with E-state index in [1.54, 1.807) is 13.3 Å². The molecule has 3 heterocycles. The van der Waals surface area contributed by atoms with Crippen molar-refractivity contribution in [2.45, 2.75) is 25.8 Å². The Hall–Kier alpha value is -4.17. The maximum atomic E-state index is 5.97. The molecule has 190 valence electrons. The number of allylic oxidation sites excluding steroid dienone is 1. The maximum absolute atomic E-state index is 5.97. The molecular weight excluding hydrogens is 464 g/mol. The third kappa shape index (κ3) is 5.34. The van der Waals surface area contributed by atoms with Gasteiger partial charge in [-0.2, -0.15) is 0 Å². The molecule has 5 rings (SSSR count). The highest BCUT2D eigenvalue weighted by atomic mass is 16.5. The lowest BCUT2D eigenvalue weighted by molar-refractivity contribution is 0.0872. The zero-order valence-corrected chi connectivity index (χ0v) is 21.4. The zero-order chi connectivity index (χ0) is 25.8. The van der Waals surface area contributed by atoms with Gasteiger partial charge in [0.25, 0.3) is 0 Å². The van der Waals surface area contributed by atoms with E-state index in [1.807, 2.05) is 56.8 Å². The Balaban J connectivity index is 1.39. The van der Waals surface area contributed by atoms with E-state index < -0.39 is 0 Å². The number of methoxy groups -OCH3 is 1. The van der Waals surface area contributed by atoms with E-state index in [1.165, 1.54) is 0 Å². The Morgan fingerprint density at radius 2 is 1.95 bits per heavy atom. The Morgan fingerprint density at radius 3 is 2.68 bits per heavy atom. The largest absolute Gasteiger partial charge is 0.495 e. The van der Waals surface area contributed by atoms with Gasteiger partial charge in [0.05, 0.1) is 30.7 Å². The minimum absolute atomic E-state index is 0.285. The van der Waals surface area contributed by atoms with Crippen LogP contribution in [-0.2, 0) is 11.8 Å². The first-order valence-electron chi connectivity index (χ1n) is 12.4. The van der Waals surface area contributed by atoms with E-state index in [4.69, 9.17) is 20.2 Å². The molecule has 1 saturated heterocycles. The van der Waals surface area contributed by atoms with Gasteiger partial charge in [0.15, 0.2) is 0 Å². The van der Waals surface area contributed by atoms with Crippen molar-refractivity contribution < 1.29 is 9.47 Å². The topological polar surface area (TPSA) is 99.6 Å². The van der Waals surface area contributed by atoms with Crippen LogP contribution in [0.3, 0.4) is 0 Å². The van der Waals surface area contributed by atoms with Crippen LogP contribution in [0.5, 0.6) is 5.75 Å². The number of aliphatic imine (C=N–C) groups is 1. The number of ether oxygens (including phenoxy) is 2. The number of hydrogen-bond donors (Lipinski definition) is 2. The summed E-state index contributed by atoms with van der Waals surface area (Å²) in [5.74, 6) is 2.41. The molecule has 0 atom stereocenters. The van der Waals surface area contributed by atoms with Crippen molar-refractivity contribution in [2.75, 3.05) is 25.6 Å². The number of aromatic nitrogens is 3. The second-order valence-electron chi connectivity index (χ2n) is 9.16. The summed E-state index contributed by atoms with van der Waals surface area (Å²) in [6, 6.07) is 14.6. The van der Waals surface area contributed by atoms with Gasteiger partial charge in [0.1, 0.15) is 17.4 Å². The fraction of sp³-hybridized carbons (Fsp3) is 0.276. The maximum Gasteiger partial charge on any atom is 0.143 e. The summed E-state index contributed by atoms with van der Waals surface area (Å²) >= 11 is 0. The first-order valence-corrected chi connectivity index (χ1v) is 12.4. The molecule has 8 nitrogen and oxygen atoms in total. The van der Waals surface area contributed by atoms with Gasteiger partial charge in [-0.05, 0) is 55.0 Å².